The first-order chi connectivity index (χ1) is 9.38. The summed E-state index contributed by atoms with van der Waals surface area (Å²) in [7, 11) is 0. The summed E-state index contributed by atoms with van der Waals surface area (Å²) >= 11 is 9.41. The SMILES string of the molecule is FC(F)(F)c1cccc(C(Br)Cc2ccncc2Cl)c1. The van der Waals surface area contributed by atoms with Crippen LogP contribution in [0.3, 0.4) is 0 Å². The topological polar surface area (TPSA) is 12.9 Å². The second kappa shape index (κ2) is 6.14. The third-order valence-electron chi connectivity index (χ3n) is 2.83. The van der Waals surface area contributed by atoms with Crippen molar-refractivity contribution in [2.24, 2.45) is 0 Å². The third-order valence-corrected chi connectivity index (χ3v) is 4.02. The fraction of sp³-hybridized carbons (Fsp3) is 0.214. The number of aromatic nitrogens is 1. The first kappa shape index (κ1) is 15.3. The second-order valence-corrected chi connectivity index (χ2v) is 5.77. The van der Waals surface area contributed by atoms with Gasteiger partial charge in [-0.2, -0.15) is 13.2 Å². The van der Waals surface area contributed by atoms with Crippen LogP contribution in [-0.4, -0.2) is 4.98 Å². The van der Waals surface area contributed by atoms with E-state index in [0.29, 0.717) is 17.0 Å². The molecule has 0 spiro atoms. The molecule has 1 atom stereocenters. The smallest absolute Gasteiger partial charge is 0.263 e. The van der Waals surface area contributed by atoms with Crippen molar-refractivity contribution < 1.29 is 13.2 Å². The summed E-state index contributed by atoms with van der Waals surface area (Å²) in [6, 6.07) is 7.02. The van der Waals surface area contributed by atoms with E-state index in [4.69, 9.17) is 11.6 Å². The van der Waals surface area contributed by atoms with Gasteiger partial charge in [-0.05, 0) is 29.7 Å². The van der Waals surface area contributed by atoms with Crippen molar-refractivity contribution in [3.05, 3.63) is 64.4 Å². The normalized spacial score (nSPS) is 13.2. The number of hydrogen-bond donors (Lipinski definition) is 0. The van der Waals surface area contributed by atoms with Gasteiger partial charge in [0, 0.05) is 17.2 Å². The lowest BCUT2D eigenvalue weighted by atomic mass is 10.0. The zero-order valence-electron chi connectivity index (χ0n) is 10.2. The molecule has 0 fully saturated rings. The number of alkyl halides is 4. The van der Waals surface area contributed by atoms with E-state index in [0.717, 1.165) is 17.7 Å². The van der Waals surface area contributed by atoms with Gasteiger partial charge in [0.1, 0.15) is 0 Å². The Kier molecular flexibility index (Phi) is 4.70. The van der Waals surface area contributed by atoms with Gasteiger partial charge in [0.25, 0.3) is 0 Å². The van der Waals surface area contributed by atoms with Gasteiger partial charge >= 0.3 is 6.18 Å². The Hall–Kier alpha value is -1.07. The van der Waals surface area contributed by atoms with E-state index >= 15 is 0 Å². The van der Waals surface area contributed by atoms with Crippen molar-refractivity contribution in [2.45, 2.75) is 17.4 Å². The van der Waals surface area contributed by atoms with Crippen molar-refractivity contribution in [3.8, 4) is 0 Å². The van der Waals surface area contributed by atoms with Crippen LogP contribution in [0.4, 0.5) is 13.2 Å². The number of pyridine rings is 1. The van der Waals surface area contributed by atoms with Crippen molar-refractivity contribution in [1.82, 2.24) is 4.98 Å². The maximum Gasteiger partial charge on any atom is 0.416 e. The summed E-state index contributed by atoms with van der Waals surface area (Å²) < 4.78 is 38.0. The Labute approximate surface area is 127 Å². The first-order valence-electron chi connectivity index (χ1n) is 5.77. The van der Waals surface area contributed by atoms with Crippen LogP contribution in [0.2, 0.25) is 5.02 Å². The predicted molar refractivity (Wildman–Crippen MR) is 76.1 cm³/mol. The Morgan fingerprint density at radius 2 is 2.00 bits per heavy atom. The molecule has 2 aromatic rings. The number of rotatable bonds is 3. The van der Waals surface area contributed by atoms with Crippen LogP contribution in [0.1, 0.15) is 21.5 Å². The quantitative estimate of drug-likeness (QED) is 0.662. The fourth-order valence-electron chi connectivity index (χ4n) is 1.79. The molecule has 0 aliphatic rings. The summed E-state index contributed by atoms with van der Waals surface area (Å²) in [6.07, 6.45) is -0.727. The summed E-state index contributed by atoms with van der Waals surface area (Å²) in [5.74, 6) is 0. The molecule has 0 saturated heterocycles. The monoisotopic (exact) mass is 363 g/mol. The van der Waals surface area contributed by atoms with Gasteiger partial charge in [0.15, 0.2) is 0 Å². The molecule has 20 heavy (non-hydrogen) atoms. The molecule has 0 radical (unpaired) electrons. The van der Waals surface area contributed by atoms with Gasteiger partial charge in [-0.25, -0.2) is 0 Å². The number of benzene rings is 1. The van der Waals surface area contributed by atoms with Crippen molar-refractivity contribution in [3.63, 3.8) is 0 Å². The Morgan fingerprint density at radius 3 is 2.65 bits per heavy atom. The molecule has 0 N–H and O–H groups in total. The van der Waals surface area contributed by atoms with E-state index < -0.39 is 11.7 Å². The number of hydrogen-bond acceptors (Lipinski definition) is 1. The largest absolute Gasteiger partial charge is 0.416 e. The van der Waals surface area contributed by atoms with Crippen LogP contribution in [-0.2, 0) is 12.6 Å². The van der Waals surface area contributed by atoms with Crippen LogP contribution in [0.25, 0.3) is 0 Å². The van der Waals surface area contributed by atoms with E-state index in [1.807, 2.05) is 0 Å². The molecule has 0 aliphatic carbocycles. The summed E-state index contributed by atoms with van der Waals surface area (Å²) in [6.45, 7) is 0. The molecule has 6 heteroatoms. The molecule has 1 aromatic carbocycles. The number of halogens is 5. The molecular weight excluding hydrogens is 355 g/mol. The van der Waals surface area contributed by atoms with Crippen LogP contribution < -0.4 is 0 Å². The Bertz CT molecular complexity index is 601. The van der Waals surface area contributed by atoms with E-state index in [1.165, 1.54) is 12.3 Å². The zero-order chi connectivity index (χ0) is 14.8. The molecule has 1 unspecified atom stereocenters. The molecule has 1 aromatic heterocycles. The predicted octanol–water partition coefficient (Wildman–Crippen LogP) is 5.43. The lowest BCUT2D eigenvalue weighted by molar-refractivity contribution is -0.137. The van der Waals surface area contributed by atoms with Gasteiger partial charge < -0.3 is 0 Å². The molecule has 0 aliphatic heterocycles. The lowest BCUT2D eigenvalue weighted by Crippen LogP contribution is -2.06. The summed E-state index contributed by atoms with van der Waals surface area (Å²) in [5.41, 5.74) is 0.744. The molecular formula is C14H10BrClF3N. The average Bonchev–Trinajstić information content (AvgIpc) is 2.40. The van der Waals surface area contributed by atoms with Crippen LogP contribution in [0, 0.1) is 0 Å². The van der Waals surface area contributed by atoms with Gasteiger partial charge in [0.05, 0.1) is 10.6 Å². The lowest BCUT2D eigenvalue weighted by Gasteiger charge is -2.14. The Morgan fingerprint density at radius 1 is 1.25 bits per heavy atom. The fourth-order valence-corrected chi connectivity index (χ4v) is 2.62. The van der Waals surface area contributed by atoms with E-state index in [1.54, 1.807) is 18.3 Å². The molecule has 0 saturated carbocycles. The highest BCUT2D eigenvalue weighted by Crippen LogP contribution is 2.34. The maximum absolute atomic E-state index is 12.7. The van der Waals surface area contributed by atoms with Gasteiger partial charge in [-0.3, -0.25) is 4.98 Å². The van der Waals surface area contributed by atoms with Crippen molar-refractivity contribution >= 4 is 27.5 Å². The molecule has 106 valence electrons. The Balaban J connectivity index is 2.22. The zero-order valence-corrected chi connectivity index (χ0v) is 12.5. The van der Waals surface area contributed by atoms with E-state index in [9.17, 15) is 13.2 Å². The molecule has 2 rings (SSSR count). The van der Waals surface area contributed by atoms with E-state index in [2.05, 4.69) is 20.9 Å². The minimum absolute atomic E-state index is 0.246. The van der Waals surface area contributed by atoms with Gasteiger partial charge in [0.2, 0.25) is 0 Å². The highest BCUT2D eigenvalue weighted by Gasteiger charge is 2.30. The van der Waals surface area contributed by atoms with Gasteiger partial charge in [-0.15, -0.1) is 0 Å². The summed E-state index contributed by atoms with van der Waals surface area (Å²) in [4.78, 5) is 3.63. The van der Waals surface area contributed by atoms with Crippen LogP contribution in [0.5, 0.6) is 0 Å². The summed E-state index contributed by atoms with van der Waals surface area (Å²) in [5, 5.41) is 0.504. The average molecular weight is 365 g/mol. The first-order valence-corrected chi connectivity index (χ1v) is 7.07. The number of nitrogens with zero attached hydrogens (tertiary/aromatic N) is 1. The molecule has 0 bridgehead atoms. The van der Waals surface area contributed by atoms with Gasteiger partial charge in [-0.1, -0.05) is 45.7 Å². The maximum atomic E-state index is 12.7. The van der Waals surface area contributed by atoms with E-state index in [-0.39, 0.29) is 4.83 Å². The molecule has 0 amide bonds. The third kappa shape index (κ3) is 3.73. The minimum atomic E-state index is -4.34. The van der Waals surface area contributed by atoms with Crippen LogP contribution >= 0.6 is 27.5 Å². The molecule has 1 heterocycles. The molecule has 1 nitrogen and oxygen atoms in total. The highest BCUT2D eigenvalue weighted by molar-refractivity contribution is 9.09. The van der Waals surface area contributed by atoms with Crippen molar-refractivity contribution in [2.75, 3.05) is 0 Å². The van der Waals surface area contributed by atoms with Crippen molar-refractivity contribution in [1.29, 1.82) is 0 Å². The second-order valence-electron chi connectivity index (χ2n) is 4.26. The highest BCUT2D eigenvalue weighted by atomic mass is 79.9. The van der Waals surface area contributed by atoms with Crippen LogP contribution in [0.15, 0.2) is 42.7 Å². The standard InChI is InChI=1S/C14H10BrClF3N/c15-12(7-10-4-5-20-8-13(10)16)9-2-1-3-11(6-9)14(17,18)19/h1-6,8,12H,7H2. The minimum Gasteiger partial charge on any atom is -0.263 e.